The molecule has 1 N–H and O–H groups in total. The largest absolute Gasteiger partial charge is 0.483 e. The summed E-state index contributed by atoms with van der Waals surface area (Å²) in [6.07, 6.45) is 0. The number of amides is 1. The van der Waals surface area contributed by atoms with E-state index in [9.17, 15) is 9.18 Å². The zero-order chi connectivity index (χ0) is 17.5. The highest BCUT2D eigenvalue weighted by molar-refractivity contribution is 9.10. The van der Waals surface area contributed by atoms with E-state index in [4.69, 9.17) is 4.74 Å². The lowest BCUT2D eigenvalue weighted by molar-refractivity contribution is -0.123. The Hall–Kier alpha value is -1.92. The summed E-state index contributed by atoms with van der Waals surface area (Å²) in [5, 5.41) is 2.84. The second-order valence-corrected chi connectivity index (χ2v) is 6.50. The Kier molecular flexibility index (Phi) is 6.75. The Morgan fingerprint density at radius 1 is 1.21 bits per heavy atom. The van der Waals surface area contributed by atoms with Crippen LogP contribution in [-0.4, -0.2) is 31.5 Å². The quantitative estimate of drug-likeness (QED) is 0.782. The Bertz CT molecular complexity index is 707. The Balaban J connectivity index is 1.87. The zero-order valence-corrected chi connectivity index (χ0v) is 15.3. The maximum Gasteiger partial charge on any atom is 0.258 e. The molecule has 0 aliphatic carbocycles. The number of hydrogen-bond donors (Lipinski definition) is 1. The van der Waals surface area contributed by atoms with Crippen LogP contribution in [0, 0.1) is 5.82 Å². The molecule has 6 heteroatoms. The first-order valence-electron chi connectivity index (χ1n) is 7.52. The van der Waals surface area contributed by atoms with Crippen molar-refractivity contribution in [2.45, 2.75) is 13.1 Å². The lowest BCUT2D eigenvalue weighted by Gasteiger charge is -2.15. The van der Waals surface area contributed by atoms with Crippen LogP contribution in [-0.2, 0) is 17.9 Å². The van der Waals surface area contributed by atoms with E-state index in [2.05, 4.69) is 26.1 Å². The second kappa shape index (κ2) is 8.80. The maximum atomic E-state index is 13.0. The summed E-state index contributed by atoms with van der Waals surface area (Å²) in [6.45, 7) is 1.13. The van der Waals surface area contributed by atoms with E-state index in [1.54, 1.807) is 0 Å². The molecule has 0 aliphatic heterocycles. The number of nitrogens with one attached hydrogen (secondary N) is 1. The standard InChI is InChI=1S/C18H20BrFN2O2/c1-22(2)11-14-6-4-3-5-13(14)10-21-18(23)12-24-17-8-7-15(20)9-16(17)19/h3-9H,10-12H2,1-2H3,(H,21,23). The van der Waals surface area contributed by atoms with Gasteiger partial charge in [0.15, 0.2) is 6.61 Å². The third-order valence-corrected chi connectivity index (χ3v) is 3.95. The second-order valence-electron chi connectivity index (χ2n) is 5.65. The molecule has 24 heavy (non-hydrogen) atoms. The van der Waals surface area contributed by atoms with Crippen LogP contribution in [0.2, 0.25) is 0 Å². The molecule has 0 radical (unpaired) electrons. The molecular formula is C18H20BrFN2O2. The van der Waals surface area contributed by atoms with Crippen molar-refractivity contribution in [3.05, 3.63) is 63.9 Å². The van der Waals surface area contributed by atoms with Gasteiger partial charge in [-0.15, -0.1) is 0 Å². The molecule has 128 valence electrons. The van der Waals surface area contributed by atoms with E-state index < -0.39 is 0 Å². The van der Waals surface area contributed by atoms with E-state index in [1.165, 1.54) is 23.8 Å². The number of ether oxygens (including phenoxy) is 1. The zero-order valence-electron chi connectivity index (χ0n) is 13.7. The van der Waals surface area contributed by atoms with Crippen LogP contribution >= 0.6 is 15.9 Å². The minimum absolute atomic E-state index is 0.125. The third-order valence-electron chi connectivity index (χ3n) is 3.33. The predicted octanol–water partition coefficient (Wildman–Crippen LogP) is 3.35. The lowest BCUT2D eigenvalue weighted by atomic mass is 10.1. The molecule has 0 aromatic heterocycles. The number of carbonyl (C=O) groups is 1. The van der Waals surface area contributed by atoms with E-state index in [-0.39, 0.29) is 18.3 Å². The maximum absolute atomic E-state index is 13.0. The highest BCUT2D eigenvalue weighted by Gasteiger charge is 2.08. The lowest BCUT2D eigenvalue weighted by Crippen LogP contribution is -2.29. The first-order valence-corrected chi connectivity index (χ1v) is 8.31. The molecule has 4 nitrogen and oxygen atoms in total. The fourth-order valence-corrected chi connectivity index (χ4v) is 2.67. The van der Waals surface area contributed by atoms with Gasteiger partial charge in [-0.2, -0.15) is 0 Å². The Morgan fingerprint density at radius 2 is 1.92 bits per heavy atom. The van der Waals surface area contributed by atoms with Crippen LogP contribution in [0.25, 0.3) is 0 Å². The van der Waals surface area contributed by atoms with Crippen LogP contribution in [0.4, 0.5) is 4.39 Å². The van der Waals surface area contributed by atoms with Crippen molar-refractivity contribution in [2.24, 2.45) is 0 Å². The number of carbonyl (C=O) groups excluding carboxylic acids is 1. The predicted molar refractivity (Wildman–Crippen MR) is 95.3 cm³/mol. The topological polar surface area (TPSA) is 41.6 Å². The minimum atomic E-state index is -0.365. The van der Waals surface area contributed by atoms with Crippen molar-refractivity contribution in [3.8, 4) is 5.75 Å². The molecule has 0 saturated heterocycles. The molecule has 2 aromatic rings. The molecule has 0 spiro atoms. The summed E-state index contributed by atoms with van der Waals surface area (Å²) in [4.78, 5) is 14.0. The highest BCUT2D eigenvalue weighted by atomic mass is 79.9. The smallest absolute Gasteiger partial charge is 0.258 e. The van der Waals surface area contributed by atoms with Crippen molar-refractivity contribution in [2.75, 3.05) is 20.7 Å². The first kappa shape index (κ1) is 18.4. The van der Waals surface area contributed by atoms with Gasteiger partial charge < -0.3 is 15.0 Å². The van der Waals surface area contributed by atoms with Gasteiger partial charge in [-0.3, -0.25) is 4.79 Å². The summed E-state index contributed by atoms with van der Waals surface area (Å²) >= 11 is 3.20. The van der Waals surface area contributed by atoms with Gasteiger partial charge in [0, 0.05) is 13.1 Å². The number of hydrogen-bond acceptors (Lipinski definition) is 3. The monoisotopic (exact) mass is 394 g/mol. The van der Waals surface area contributed by atoms with Gasteiger partial charge in [-0.05, 0) is 59.4 Å². The van der Waals surface area contributed by atoms with Crippen LogP contribution in [0.3, 0.4) is 0 Å². The molecule has 0 saturated carbocycles. The van der Waals surface area contributed by atoms with Crippen molar-refractivity contribution >= 4 is 21.8 Å². The molecule has 0 atom stereocenters. The van der Waals surface area contributed by atoms with Crippen molar-refractivity contribution in [3.63, 3.8) is 0 Å². The molecule has 0 heterocycles. The molecule has 0 fully saturated rings. The molecule has 2 aromatic carbocycles. The number of nitrogens with zero attached hydrogens (tertiary/aromatic N) is 1. The van der Waals surface area contributed by atoms with E-state index in [0.29, 0.717) is 16.8 Å². The van der Waals surface area contributed by atoms with Crippen LogP contribution in [0.15, 0.2) is 46.9 Å². The summed E-state index contributed by atoms with van der Waals surface area (Å²) in [6, 6.07) is 12.1. The normalized spacial score (nSPS) is 10.7. The van der Waals surface area contributed by atoms with E-state index >= 15 is 0 Å². The van der Waals surface area contributed by atoms with Gasteiger partial charge in [0.05, 0.1) is 4.47 Å². The Labute approximate surface area is 149 Å². The van der Waals surface area contributed by atoms with Crippen LogP contribution in [0.1, 0.15) is 11.1 Å². The Morgan fingerprint density at radius 3 is 2.58 bits per heavy atom. The summed E-state index contributed by atoms with van der Waals surface area (Å²) in [7, 11) is 4.01. The summed E-state index contributed by atoms with van der Waals surface area (Å²) in [5.74, 6) is -0.165. The molecule has 2 rings (SSSR count). The molecular weight excluding hydrogens is 375 g/mol. The van der Waals surface area contributed by atoms with Gasteiger partial charge in [0.1, 0.15) is 11.6 Å². The molecule has 0 bridgehead atoms. The fraction of sp³-hybridized carbons (Fsp3) is 0.278. The van der Waals surface area contributed by atoms with Gasteiger partial charge in [0.25, 0.3) is 5.91 Å². The summed E-state index contributed by atoms with van der Waals surface area (Å²) in [5.41, 5.74) is 2.24. The van der Waals surface area contributed by atoms with Crippen molar-refractivity contribution < 1.29 is 13.9 Å². The van der Waals surface area contributed by atoms with Gasteiger partial charge in [0.2, 0.25) is 0 Å². The third kappa shape index (κ3) is 5.62. The van der Waals surface area contributed by atoms with Gasteiger partial charge in [-0.25, -0.2) is 4.39 Å². The average Bonchev–Trinajstić information content (AvgIpc) is 2.52. The fourth-order valence-electron chi connectivity index (χ4n) is 2.21. The minimum Gasteiger partial charge on any atom is -0.483 e. The van der Waals surface area contributed by atoms with Gasteiger partial charge in [-0.1, -0.05) is 24.3 Å². The first-order chi connectivity index (χ1) is 11.5. The number of halogens is 2. The van der Waals surface area contributed by atoms with Gasteiger partial charge >= 0.3 is 0 Å². The average molecular weight is 395 g/mol. The van der Waals surface area contributed by atoms with Crippen molar-refractivity contribution in [1.82, 2.24) is 10.2 Å². The van der Waals surface area contributed by atoms with Crippen molar-refractivity contribution in [1.29, 1.82) is 0 Å². The SMILES string of the molecule is CN(C)Cc1ccccc1CNC(=O)COc1ccc(F)cc1Br. The van der Waals surface area contributed by atoms with E-state index in [1.807, 2.05) is 38.4 Å². The number of rotatable bonds is 7. The van der Waals surface area contributed by atoms with E-state index in [0.717, 1.165) is 12.1 Å². The molecule has 1 amide bonds. The molecule has 0 unspecified atom stereocenters. The number of benzene rings is 2. The van der Waals surface area contributed by atoms with Crippen LogP contribution < -0.4 is 10.1 Å². The molecule has 0 aliphatic rings. The highest BCUT2D eigenvalue weighted by Crippen LogP contribution is 2.25. The van der Waals surface area contributed by atoms with Crippen LogP contribution in [0.5, 0.6) is 5.75 Å². The summed E-state index contributed by atoms with van der Waals surface area (Å²) < 4.78 is 18.9.